The van der Waals surface area contributed by atoms with Crippen molar-refractivity contribution in [3.05, 3.63) is 70.3 Å². The number of hydrogen-bond acceptors (Lipinski definition) is 3. The quantitative estimate of drug-likeness (QED) is 0.807. The van der Waals surface area contributed by atoms with E-state index in [9.17, 15) is 9.90 Å². The lowest BCUT2D eigenvalue weighted by atomic mass is 9.95. The van der Waals surface area contributed by atoms with E-state index in [4.69, 9.17) is 4.74 Å². The second-order valence-corrected chi connectivity index (χ2v) is 4.70. The first kappa shape index (κ1) is 12.6. The summed E-state index contributed by atoms with van der Waals surface area (Å²) in [5, 5.41) is 10.6. The molecule has 3 nitrogen and oxygen atoms in total. The third kappa shape index (κ3) is 2.02. The molecule has 3 rings (SSSR count). The number of carbonyl (C=O) groups is 1. The van der Waals surface area contributed by atoms with Crippen LogP contribution < -0.4 is 0 Å². The van der Waals surface area contributed by atoms with Crippen molar-refractivity contribution in [2.75, 3.05) is 7.11 Å². The van der Waals surface area contributed by atoms with E-state index < -0.39 is 12.1 Å². The predicted octanol–water partition coefficient (Wildman–Crippen LogP) is 3.04. The van der Waals surface area contributed by atoms with Gasteiger partial charge in [-0.2, -0.15) is 0 Å². The maximum absolute atomic E-state index is 11.6. The fourth-order valence-corrected chi connectivity index (χ4v) is 2.47. The molecule has 0 spiro atoms. The van der Waals surface area contributed by atoms with E-state index in [-0.39, 0.29) is 0 Å². The van der Waals surface area contributed by atoms with Crippen molar-refractivity contribution in [3.63, 3.8) is 0 Å². The van der Waals surface area contributed by atoms with Crippen molar-refractivity contribution in [1.82, 2.24) is 0 Å². The third-order valence-corrected chi connectivity index (χ3v) is 3.54. The second-order valence-electron chi connectivity index (χ2n) is 4.70. The molecule has 2 aromatic rings. The fraction of sp³-hybridized carbons (Fsp3) is 0.118. The van der Waals surface area contributed by atoms with E-state index >= 15 is 0 Å². The lowest BCUT2D eigenvalue weighted by Crippen LogP contribution is -2.06. The highest BCUT2D eigenvalue weighted by Crippen LogP contribution is 2.33. The van der Waals surface area contributed by atoms with Crippen LogP contribution in [-0.4, -0.2) is 18.2 Å². The van der Waals surface area contributed by atoms with Crippen LogP contribution >= 0.6 is 0 Å². The van der Waals surface area contributed by atoms with Crippen molar-refractivity contribution in [2.45, 2.75) is 6.10 Å². The number of carbonyl (C=O) groups excluding carboxylic acids is 1. The number of benzene rings is 2. The van der Waals surface area contributed by atoms with Gasteiger partial charge in [0.2, 0.25) is 0 Å². The molecule has 20 heavy (non-hydrogen) atoms. The number of esters is 1. The summed E-state index contributed by atoms with van der Waals surface area (Å²) in [6.07, 6.45) is 3.18. The Hall–Kier alpha value is -2.39. The van der Waals surface area contributed by atoms with Crippen LogP contribution in [0, 0.1) is 0 Å². The molecular formula is C17H14O3. The molecule has 0 saturated heterocycles. The van der Waals surface area contributed by atoms with Gasteiger partial charge in [-0.1, -0.05) is 42.5 Å². The minimum Gasteiger partial charge on any atom is -0.465 e. The van der Waals surface area contributed by atoms with Crippen molar-refractivity contribution in [1.29, 1.82) is 0 Å². The number of ether oxygens (including phenoxy) is 1. The molecule has 0 bridgehead atoms. The molecule has 0 radical (unpaired) electrons. The Morgan fingerprint density at radius 2 is 1.75 bits per heavy atom. The number of aliphatic hydroxyl groups is 1. The molecule has 0 fully saturated rings. The van der Waals surface area contributed by atoms with Gasteiger partial charge in [0.1, 0.15) is 6.10 Å². The van der Waals surface area contributed by atoms with E-state index in [1.54, 1.807) is 12.1 Å². The zero-order chi connectivity index (χ0) is 14.1. The summed E-state index contributed by atoms with van der Waals surface area (Å²) in [4.78, 5) is 11.6. The molecule has 0 saturated carbocycles. The van der Waals surface area contributed by atoms with Crippen LogP contribution in [-0.2, 0) is 4.74 Å². The van der Waals surface area contributed by atoms with Gasteiger partial charge in [-0.05, 0) is 34.4 Å². The van der Waals surface area contributed by atoms with Crippen molar-refractivity contribution in [3.8, 4) is 0 Å². The van der Waals surface area contributed by atoms with Gasteiger partial charge >= 0.3 is 5.97 Å². The summed E-state index contributed by atoms with van der Waals surface area (Å²) in [7, 11) is 1.35. The maximum Gasteiger partial charge on any atom is 0.337 e. The molecular weight excluding hydrogens is 252 g/mol. The second kappa shape index (κ2) is 4.94. The molecule has 0 aromatic heterocycles. The Morgan fingerprint density at radius 1 is 1.05 bits per heavy atom. The van der Waals surface area contributed by atoms with Gasteiger partial charge < -0.3 is 9.84 Å². The summed E-state index contributed by atoms with van der Waals surface area (Å²) >= 11 is 0. The Balaban J connectivity index is 2.15. The minimum absolute atomic E-state index is 0.401. The number of aliphatic hydroxyl groups excluding tert-OH is 1. The number of rotatable bonds is 1. The lowest BCUT2D eigenvalue weighted by Gasteiger charge is -2.15. The first-order chi connectivity index (χ1) is 9.70. The predicted molar refractivity (Wildman–Crippen MR) is 77.2 cm³/mol. The van der Waals surface area contributed by atoms with Gasteiger partial charge in [0.15, 0.2) is 0 Å². The van der Waals surface area contributed by atoms with Gasteiger partial charge in [-0.25, -0.2) is 4.79 Å². The first-order valence-electron chi connectivity index (χ1n) is 6.38. The lowest BCUT2D eigenvalue weighted by molar-refractivity contribution is 0.0600. The largest absolute Gasteiger partial charge is 0.465 e. The van der Waals surface area contributed by atoms with Gasteiger partial charge in [0, 0.05) is 0 Å². The normalized spacial score (nSPS) is 16.0. The molecule has 1 aliphatic rings. The molecule has 100 valence electrons. The Bertz CT molecular complexity index is 701. The summed E-state index contributed by atoms with van der Waals surface area (Å²) < 4.78 is 4.72. The molecule has 1 atom stereocenters. The summed E-state index contributed by atoms with van der Waals surface area (Å²) in [6.45, 7) is 0. The molecule has 0 unspecified atom stereocenters. The van der Waals surface area contributed by atoms with E-state index in [0.29, 0.717) is 11.1 Å². The van der Waals surface area contributed by atoms with Gasteiger partial charge in [-0.3, -0.25) is 0 Å². The molecule has 0 heterocycles. The molecule has 3 heteroatoms. The topological polar surface area (TPSA) is 46.5 Å². The summed E-state index contributed by atoms with van der Waals surface area (Å²) in [5.74, 6) is -0.401. The summed E-state index contributed by atoms with van der Waals surface area (Å²) in [5.41, 5.74) is 3.88. The van der Waals surface area contributed by atoms with Crippen LogP contribution in [0.5, 0.6) is 0 Å². The van der Waals surface area contributed by atoms with E-state index in [1.807, 2.05) is 42.5 Å². The monoisotopic (exact) mass is 266 g/mol. The smallest absolute Gasteiger partial charge is 0.337 e. The molecule has 0 amide bonds. The highest BCUT2D eigenvalue weighted by molar-refractivity contribution is 5.90. The van der Waals surface area contributed by atoms with Gasteiger partial charge in [0.25, 0.3) is 0 Å². The van der Waals surface area contributed by atoms with Crippen molar-refractivity contribution < 1.29 is 14.6 Å². The van der Waals surface area contributed by atoms with Crippen LogP contribution in [0.4, 0.5) is 0 Å². The van der Waals surface area contributed by atoms with Gasteiger partial charge in [-0.15, -0.1) is 0 Å². The zero-order valence-corrected chi connectivity index (χ0v) is 11.0. The molecule has 0 aliphatic heterocycles. The standard InChI is InChI=1S/C17H14O3/c1-20-17(19)13-9-8-12-7-6-11-4-2-3-5-14(11)16(18)15(12)10-13/h2-10,16,18H,1H3/t16-/m0/s1. The zero-order valence-electron chi connectivity index (χ0n) is 11.0. The van der Waals surface area contributed by atoms with E-state index in [0.717, 1.165) is 16.7 Å². The van der Waals surface area contributed by atoms with Crippen molar-refractivity contribution >= 4 is 18.1 Å². The van der Waals surface area contributed by atoms with Gasteiger partial charge in [0.05, 0.1) is 12.7 Å². The minimum atomic E-state index is -0.749. The SMILES string of the molecule is COC(=O)c1ccc2c(c1)[C@@H](O)c1ccccc1C=C2. The number of fused-ring (bicyclic) bond motifs is 2. The Morgan fingerprint density at radius 3 is 2.50 bits per heavy atom. The molecule has 1 N–H and O–H groups in total. The molecule has 2 aromatic carbocycles. The third-order valence-electron chi connectivity index (χ3n) is 3.54. The summed E-state index contributed by atoms with van der Waals surface area (Å²) in [6, 6.07) is 12.9. The fourth-order valence-electron chi connectivity index (χ4n) is 2.47. The van der Waals surface area contributed by atoms with E-state index in [1.165, 1.54) is 7.11 Å². The highest BCUT2D eigenvalue weighted by atomic mass is 16.5. The Labute approximate surface area is 117 Å². The maximum atomic E-state index is 11.6. The first-order valence-corrected chi connectivity index (χ1v) is 6.38. The average molecular weight is 266 g/mol. The van der Waals surface area contributed by atoms with Crippen molar-refractivity contribution in [2.24, 2.45) is 0 Å². The Kier molecular flexibility index (Phi) is 3.12. The van der Waals surface area contributed by atoms with Crippen LogP contribution in [0.2, 0.25) is 0 Å². The highest BCUT2D eigenvalue weighted by Gasteiger charge is 2.20. The van der Waals surface area contributed by atoms with E-state index in [2.05, 4.69) is 0 Å². The van der Waals surface area contributed by atoms with Crippen LogP contribution in [0.3, 0.4) is 0 Å². The number of hydrogen-bond donors (Lipinski definition) is 1. The van der Waals surface area contributed by atoms with Crippen LogP contribution in [0.25, 0.3) is 12.2 Å². The van der Waals surface area contributed by atoms with Crippen LogP contribution in [0.15, 0.2) is 42.5 Å². The average Bonchev–Trinajstić information content (AvgIpc) is 2.64. The number of methoxy groups -OCH3 is 1. The van der Waals surface area contributed by atoms with Crippen LogP contribution in [0.1, 0.15) is 38.7 Å². The molecule has 1 aliphatic carbocycles.